The average molecular weight is 395 g/mol. The van der Waals surface area contributed by atoms with E-state index in [1.165, 1.54) is 4.90 Å². The van der Waals surface area contributed by atoms with Crippen molar-refractivity contribution >= 4 is 18.0 Å². The molecule has 0 saturated carbocycles. The van der Waals surface area contributed by atoms with E-state index in [-0.39, 0.29) is 12.5 Å². The van der Waals surface area contributed by atoms with Crippen molar-refractivity contribution in [2.24, 2.45) is 0 Å². The zero-order valence-electron chi connectivity index (χ0n) is 15.7. The molecule has 0 unspecified atom stereocenters. The number of likely N-dealkylation sites (tertiary alicyclic amines) is 1. The Morgan fingerprint density at radius 1 is 0.966 bits per heavy atom. The molecule has 1 atom stereocenters. The first-order chi connectivity index (χ1) is 14.1. The molecule has 2 aliphatic rings. The number of carboxylic acids is 1. The van der Waals surface area contributed by atoms with Gasteiger partial charge in [0.05, 0.1) is 0 Å². The Balaban J connectivity index is 1.44. The number of esters is 1. The number of benzene rings is 2. The first-order valence-corrected chi connectivity index (χ1v) is 9.56. The molecule has 1 aliphatic carbocycles. The molecule has 29 heavy (non-hydrogen) atoms. The number of rotatable bonds is 5. The van der Waals surface area contributed by atoms with Crippen LogP contribution >= 0.6 is 0 Å². The van der Waals surface area contributed by atoms with Crippen molar-refractivity contribution in [1.29, 1.82) is 0 Å². The van der Waals surface area contributed by atoms with Crippen molar-refractivity contribution in [1.82, 2.24) is 4.90 Å². The third kappa shape index (κ3) is 3.68. The number of hydrogen-bond donors (Lipinski definition) is 1. The quantitative estimate of drug-likeness (QED) is 0.783. The van der Waals surface area contributed by atoms with Crippen molar-refractivity contribution in [2.45, 2.75) is 24.8 Å². The van der Waals surface area contributed by atoms with Gasteiger partial charge >= 0.3 is 18.0 Å². The smallest absolute Gasteiger partial charge is 0.410 e. The van der Waals surface area contributed by atoms with Crippen LogP contribution in [-0.4, -0.2) is 53.8 Å². The number of carbonyl (C=O) groups excluding carboxylic acids is 2. The van der Waals surface area contributed by atoms with Crippen LogP contribution in [0.1, 0.15) is 29.9 Å². The monoisotopic (exact) mass is 395 g/mol. The van der Waals surface area contributed by atoms with Crippen molar-refractivity contribution in [3.05, 3.63) is 59.7 Å². The van der Waals surface area contributed by atoms with Gasteiger partial charge in [-0.3, -0.25) is 4.90 Å². The van der Waals surface area contributed by atoms with E-state index in [0.717, 1.165) is 22.3 Å². The van der Waals surface area contributed by atoms with Gasteiger partial charge in [0.25, 0.3) is 0 Å². The van der Waals surface area contributed by atoms with Crippen molar-refractivity contribution in [2.75, 3.05) is 19.8 Å². The Morgan fingerprint density at radius 2 is 1.59 bits per heavy atom. The number of carboxylic acid groups (broad SMARTS) is 1. The largest absolute Gasteiger partial charge is 0.479 e. The molecule has 2 aromatic carbocycles. The highest BCUT2D eigenvalue weighted by Crippen LogP contribution is 2.44. The molecule has 1 N–H and O–H groups in total. The van der Waals surface area contributed by atoms with Crippen LogP contribution in [0, 0.1) is 0 Å². The predicted molar refractivity (Wildman–Crippen MR) is 103 cm³/mol. The maximum absolute atomic E-state index is 12.7. The van der Waals surface area contributed by atoms with E-state index in [9.17, 15) is 14.4 Å². The summed E-state index contributed by atoms with van der Waals surface area (Å²) in [6.45, 7) is -0.169. The van der Waals surface area contributed by atoms with Gasteiger partial charge in [-0.05, 0) is 35.1 Å². The highest BCUT2D eigenvalue weighted by Gasteiger charge is 2.37. The van der Waals surface area contributed by atoms with Gasteiger partial charge in [-0.15, -0.1) is 0 Å². The lowest BCUT2D eigenvalue weighted by molar-refractivity contribution is -0.158. The predicted octanol–water partition coefficient (Wildman–Crippen LogP) is 3.03. The Kier molecular flexibility index (Phi) is 5.20. The molecule has 0 aromatic heterocycles. The normalized spacial score (nSPS) is 17.5. The van der Waals surface area contributed by atoms with Gasteiger partial charge in [0.2, 0.25) is 0 Å². The molecule has 150 valence electrons. The van der Waals surface area contributed by atoms with E-state index in [0.29, 0.717) is 19.4 Å². The van der Waals surface area contributed by atoms with Crippen molar-refractivity contribution in [3.8, 4) is 11.1 Å². The summed E-state index contributed by atoms with van der Waals surface area (Å²) in [7, 11) is 0. The summed E-state index contributed by atoms with van der Waals surface area (Å²) in [5.74, 6) is -2.01. The third-order valence-corrected chi connectivity index (χ3v) is 5.43. The molecule has 7 nitrogen and oxygen atoms in total. The van der Waals surface area contributed by atoms with E-state index in [4.69, 9.17) is 14.6 Å². The first kappa shape index (κ1) is 19.0. The zero-order chi connectivity index (χ0) is 20.4. The molecule has 1 heterocycles. The highest BCUT2D eigenvalue weighted by molar-refractivity contribution is 5.84. The van der Waals surface area contributed by atoms with Crippen molar-refractivity contribution < 1.29 is 29.0 Å². The van der Waals surface area contributed by atoms with E-state index in [2.05, 4.69) is 12.1 Å². The summed E-state index contributed by atoms with van der Waals surface area (Å²) in [5, 5.41) is 8.66. The van der Waals surface area contributed by atoms with Gasteiger partial charge in [0.15, 0.2) is 6.61 Å². The summed E-state index contributed by atoms with van der Waals surface area (Å²) < 4.78 is 10.3. The van der Waals surface area contributed by atoms with Crippen LogP contribution in [0.25, 0.3) is 11.1 Å². The van der Waals surface area contributed by atoms with Gasteiger partial charge in [-0.1, -0.05) is 48.5 Å². The lowest BCUT2D eigenvalue weighted by atomic mass is 9.98. The number of carbonyl (C=O) groups is 3. The fourth-order valence-corrected chi connectivity index (χ4v) is 4.14. The van der Waals surface area contributed by atoms with Gasteiger partial charge < -0.3 is 14.6 Å². The molecule has 0 spiro atoms. The molecule has 1 fully saturated rings. The van der Waals surface area contributed by atoms with E-state index >= 15 is 0 Å². The van der Waals surface area contributed by atoms with Gasteiger partial charge in [0, 0.05) is 12.5 Å². The zero-order valence-corrected chi connectivity index (χ0v) is 15.7. The lowest BCUT2D eigenvalue weighted by Crippen LogP contribution is -2.42. The number of hydrogen-bond acceptors (Lipinski definition) is 5. The molecule has 0 radical (unpaired) electrons. The Labute approximate surface area is 167 Å². The second-order valence-corrected chi connectivity index (χ2v) is 7.16. The van der Waals surface area contributed by atoms with Crippen LogP contribution in [0.2, 0.25) is 0 Å². The van der Waals surface area contributed by atoms with Crippen LogP contribution in [0.4, 0.5) is 4.79 Å². The first-order valence-electron chi connectivity index (χ1n) is 9.56. The second-order valence-electron chi connectivity index (χ2n) is 7.16. The van der Waals surface area contributed by atoms with E-state index < -0.39 is 30.7 Å². The standard InChI is InChI=1S/C22H21NO6/c24-20(25)13-28-21(26)19-10-5-11-23(19)22(27)29-12-18-16-8-3-1-6-14(16)15-7-2-4-9-17(15)18/h1-4,6-9,18-19H,5,10-13H2,(H,24,25)/t19-/m0/s1. The minimum atomic E-state index is -1.23. The summed E-state index contributed by atoms with van der Waals surface area (Å²) in [6, 6.07) is 15.3. The molecule has 2 aromatic rings. The fourth-order valence-electron chi connectivity index (χ4n) is 4.14. The fraction of sp³-hybridized carbons (Fsp3) is 0.318. The number of nitrogens with zero attached hydrogens (tertiary/aromatic N) is 1. The lowest BCUT2D eigenvalue weighted by Gasteiger charge is -2.23. The molecular weight excluding hydrogens is 374 g/mol. The molecule has 0 bridgehead atoms. The molecular formula is C22H21NO6. The second kappa shape index (κ2) is 7.95. The third-order valence-electron chi connectivity index (χ3n) is 5.43. The maximum atomic E-state index is 12.7. The number of aliphatic carboxylic acids is 1. The Morgan fingerprint density at radius 3 is 2.21 bits per heavy atom. The maximum Gasteiger partial charge on any atom is 0.410 e. The Bertz CT molecular complexity index is 910. The molecule has 1 amide bonds. The number of fused-ring (bicyclic) bond motifs is 3. The van der Waals surface area contributed by atoms with E-state index in [1.807, 2.05) is 36.4 Å². The van der Waals surface area contributed by atoms with Crippen molar-refractivity contribution in [3.63, 3.8) is 0 Å². The SMILES string of the molecule is O=C(O)COC(=O)[C@@H]1CCCN1C(=O)OCC1c2ccccc2-c2ccccc21. The van der Waals surface area contributed by atoms with Crippen LogP contribution in [0.15, 0.2) is 48.5 Å². The topological polar surface area (TPSA) is 93.1 Å². The minimum absolute atomic E-state index is 0.0636. The molecule has 4 rings (SSSR count). The minimum Gasteiger partial charge on any atom is -0.479 e. The molecule has 1 aliphatic heterocycles. The average Bonchev–Trinajstić information content (AvgIpc) is 3.34. The molecule has 7 heteroatoms. The van der Waals surface area contributed by atoms with Gasteiger partial charge in [-0.2, -0.15) is 0 Å². The summed E-state index contributed by atoms with van der Waals surface area (Å²) >= 11 is 0. The van der Waals surface area contributed by atoms with Gasteiger partial charge in [-0.25, -0.2) is 14.4 Å². The van der Waals surface area contributed by atoms with Crippen LogP contribution in [-0.2, 0) is 19.1 Å². The number of ether oxygens (including phenoxy) is 2. The number of amides is 1. The Hall–Kier alpha value is -3.35. The molecule has 1 saturated heterocycles. The van der Waals surface area contributed by atoms with Crippen LogP contribution < -0.4 is 0 Å². The summed E-state index contributed by atoms with van der Waals surface area (Å²) in [4.78, 5) is 36.7. The summed E-state index contributed by atoms with van der Waals surface area (Å²) in [5.41, 5.74) is 4.50. The van der Waals surface area contributed by atoms with Crippen LogP contribution in [0.5, 0.6) is 0 Å². The summed E-state index contributed by atoms with van der Waals surface area (Å²) in [6.07, 6.45) is 0.487. The highest BCUT2D eigenvalue weighted by atomic mass is 16.6. The van der Waals surface area contributed by atoms with Gasteiger partial charge in [0.1, 0.15) is 12.6 Å². The van der Waals surface area contributed by atoms with E-state index in [1.54, 1.807) is 0 Å². The van der Waals surface area contributed by atoms with Crippen LogP contribution in [0.3, 0.4) is 0 Å².